The second-order valence-corrected chi connectivity index (χ2v) is 8.42. The van der Waals surface area contributed by atoms with E-state index < -0.39 is 6.10 Å². The second kappa shape index (κ2) is 8.69. The lowest BCUT2D eigenvalue weighted by atomic mass is 9.87. The van der Waals surface area contributed by atoms with Crippen LogP contribution in [0.3, 0.4) is 0 Å². The van der Waals surface area contributed by atoms with Crippen molar-refractivity contribution in [1.82, 2.24) is 14.9 Å². The minimum atomic E-state index is -0.655. The van der Waals surface area contributed by atoms with Crippen LogP contribution in [0.5, 0.6) is 5.75 Å². The van der Waals surface area contributed by atoms with E-state index in [1.165, 1.54) is 5.56 Å². The third-order valence-electron chi connectivity index (χ3n) is 5.08. The molecular weight excluding hydrogens is 378 g/mol. The molecular formula is C24H29N3O3. The maximum atomic E-state index is 12.9. The molecule has 0 fully saturated rings. The predicted octanol–water partition coefficient (Wildman–Crippen LogP) is 4.04. The summed E-state index contributed by atoms with van der Waals surface area (Å²) in [7, 11) is 0. The Morgan fingerprint density at radius 3 is 2.43 bits per heavy atom. The molecule has 1 amide bonds. The fraction of sp³-hybridized carbons (Fsp3) is 0.375. The molecule has 0 spiro atoms. The Labute approximate surface area is 176 Å². The standard InChI is InChI=1S/C24H29N3O3/c1-6-27(15-21-25-20-10-8-7-9-19(20)22(28)26-21)23(29)16(2)30-18-13-11-17(12-14-18)24(3,4)5/h7-14,16H,6,15H2,1-5H3,(H,25,26,28). The van der Waals surface area contributed by atoms with Crippen molar-refractivity contribution in [3.8, 4) is 5.75 Å². The molecule has 1 heterocycles. The molecule has 0 aliphatic heterocycles. The summed E-state index contributed by atoms with van der Waals surface area (Å²) in [4.78, 5) is 34.1. The predicted molar refractivity (Wildman–Crippen MR) is 119 cm³/mol. The lowest BCUT2D eigenvalue weighted by Crippen LogP contribution is -2.40. The first kappa shape index (κ1) is 21.6. The quantitative estimate of drug-likeness (QED) is 0.669. The van der Waals surface area contributed by atoms with Gasteiger partial charge < -0.3 is 14.6 Å². The average Bonchev–Trinajstić information content (AvgIpc) is 2.71. The number of carbonyl (C=O) groups is 1. The van der Waals surface area contributed by atoms with E-state index in [1.807, 2.05) is 37.3 Å². The van der Waals surface area contributed by atoms with Crippen LogP contribution in [0.1, 0.15) is 46.0 Å². The summed E-state index contributed by atoms with van der Waals surface area (Å²) in [6, 6.07) is 15.0. The second-order valence-electron chi connectivity index (χ2n) is 8.42. The number of rotatable bonds is 6. The van der Waals surface area contributed by atoms with Crippen LogP contribution in [0.25, 0.3) is 10.9 Å². The molecule has 0 radical (unpaired) electrons. The number of likely N-dealkylation sites (N-methyl/N-ethyl adjacent to an activating group) is 1. The molecule has 0 saturated heterocycles. The van der Waals surface area contributed by atoms with Crippen molar-refractivity contribution in [3.63, 3.8) is 0 Å². The first-order valence-electron chi connectivity index (χ1n) is 10.2. The molecule has 0 bridgehead atoms. The Kier molecular flexibility index (Phi) is 6.25. The van der Waals surface area contributed by atoms with Gasteiger partial charge in [0.2, 0.25) is 0 Å². The number of nitrogens with zero attached hydrogens (tertiary/aromatic N) is 2. The van der Waals surface area contributed by atoms with Crippen LogP contribution in [0.4, 0.5) is 0 Å². The van der Waals surface area contributed by atoms with Gasteiger partial charge in [-0.2, -0.15) is 0 Å². The number of benzene rings is 2. The number of hydrogen-bond donors (Lipinski definition) is 1. The Hall–Kier alpha value is -3.15. The van der Waals surface area contributed by atoms with E-state index in [1.54, 1.807) is 30.0 Å². The van der Waals surface area contributed by atoms with Gasteiger partial charge in [-0.05, 0) is 49.1 Å². The maximum Gasteiger partial charge on any atom is 0.263 e. The molecule has 0 aliphatic carbocycles. The fourth-order valence-electron chi connectivity index (χ4n) is 3.28. The zero-order valence-corrected chi connectivity index (χ0v) is 18.2. The molecule has 1 aromatic heterocycles. The maximum absolute atomic E-state index is 12.9. The smallest absolute Gasteiger partial charge is 0.263 e. The van der Waals surface area contributed by atoms with Crippen molar-refractivity contribution in [2.24, 2.45) is 0 Å². The average molecular weight is 408 g/mol. The summed E-state index contributed by atoms with van der Waals surface area (Å²) in [5.41, 5.74) is 1.67. The van der Waals surface area contributed by atoms with Crippen LogP contribution < -0.4 is 10.3 Å². The van der Waals surface area contributed by atoms with Gasteiger partial charge in [-0.25, -0.2) is 4.98 Å². The number of fused-ring (bicyclic) bond motifs is 1. The Morgan fingerprint density at radius 1 is 1.13 bits per heavy atom. The van der Waals surface area contributed by atoms with Crippen molar-refractivity contribution in [2.45, 2.75) is 52.7 Å². The number of aromatic amines is 1. The monoisotopic (exact) mass is 407 g/mol. The van der Waals surface area contributed by atoms with E-state index in [0.717, 1.165) is 0 Å². The lowest BCUT2D eigenvalue weighted by Gasteiger charge is -2.25. The van der Waals surface area contributed by atoms with Crippen molar-refractivity contribution >= 4 is 16.8 Å². The van der Waals surface area contributed by atoms with Crippen LogP contribution in [-0.4, -0.2) is 33.4 Å². The van der Waals surface area contributed by atoms with Gasteiger partial charge in [-0.3, -0.25) is 9.59 Å². The van der Waals surface area contributed by atoms with E-state index in [9.17, 15) is 9.59 Å². The Morgan fingerprint density at radius 2 is 1.80 bits per heavy atom. The molecule has 0 aliphatic rings. The normalized spacial score (nSPS) is 12.6. The largest absolute Gasteiger partial charge is 0.481 e. The third-order valence-corrected chi connectivity index (χ3v) is 5.08. The summed E-state index contributed by atoms with van der Waals surface area (Å²) in [5, 5.41) is 0.533. The van der Waals surface area contributed by atoms with E-state index in [4.69, 9.17) is 4.74 Å². The van der Waals surface area contributed by atoms with Crippen LogP contribution in [0.2, 0.25) is 0 Å². The van der Waals surface area contributed by atoms with Gasteiger partial charge in [0.15, 0.2) is 6.10 Å². The van der Waals surface area contributed by atoms with Crippen molar-refractivity contribution < 1.29 is 9.53 Å². The van der Waals surface area contributed by atoms with Gasteiger partial charge in [0, 0.05) is 6.54 Å². The molecule has 3 rings (SSSR count). The van der Waals surface area contributed by atoms with Crippen LogP contribution in [0.15, 0.2) is 53.3 Å². The SMILES string of the molecule is CCN(Cc1nc2ccccc2c(=O)[nH]1)C(=O)C(C)Oc1ccc(C(C)(C)C)cc1. The summed E-state index contributed by atoms with van der Waals surface area (Å²) >= 11 is 0. The topological polar surface area (TPSA) is 75.3 Å². The molecule has 1 unspecified atom stereocenters. The van der Waals surface area contributed by atoms with Gasteiger partial charge >= 0.3 is 0 Å². The zero-order chi connectivity index (χ0) is 21.9. The molecule has 6 heteroatoms. The third kappa shape index (κ3) is 4.87. The van der Waals surface area contributed by atoms with E-state index in [2.05, 4.69) is 30.7 Å². The highest BCUT2D eigenvalue weighted by molar-refractivity contribution is 5.81. The Balaban J connectivity index is 1.72. The minimum Gasteiger partial charge on any atom is -0.481 e. The number of aromatic nitrogens is 2. The molecule has 3 aromatic rings. The highest BCUT2D eigenvalue weighted by Gasteiger charge is 2.22. The minimum absolute atomic E-state index is 0.0583. The van der Waals surface area contributed by atoms with E-state index in [0.29, 0.717) is 29.0 Å². The number of hydrogen-bond acceptors (Lipinski definition) is 4. The zero-order valence-electron chi connectivity index (χ0n) is 18.2. The van der Waals surface area contributed by atoms with Crippen LogP contribution in [0, 0.1) is 0 Å². The number of H-pyrrole nitrogens is 1. The van der Waals surface area contributed by atoms with Crippen LogP contribution >= 0.6 is 0 Å². The number of ether oxygens (including phenoxy) is 1. The first-order valence-corrected chi connectivity index (χ1v) is 10.2. The van der Waals surface area contributed by atoms with E-state index in [-0.39, 0.29) is 23.4 Å². The van der Waals surface area contributed by atoms with Gasteiger partial charge in [0.25, 0.3) is 11.5 Å². The number of nitrogens with one attached hydrogen (secondary N) is 1. The summed E-state index contributed by atoms with van der Waals surface area (Å²) in [6.07, 6.45) is -0.655. The summed E-state index contributed by atoms with van der Waals surface area (Å²) in [6.45, 7) is 10.8. The van der Waals surface area contributed by atoms with Crippen molar-refractivity contribution in [1.29, 1.82) is 0 Å². The number of amides is 1. The first-order chi connectivity index (χ1) is 14.2. The molecule has 1 N–H and O–H groups in total. The molecule has 2 aromatic carbocycles. The van der Waals surface area contributed by atoms with Gasteiger partial charge in [0.1, 0.15) is 11.6 Å². The van der Waals surface area contributed by atoms with Crippen molar-refractivity contribution in [3.05, 3.63) is 70.3 Å². The van der Waals surface area contributed by atoms with E-state index >= 15 is 0 Å². The number of para-hydroxylation sites is 1. The molecule has 158 valence electrons. The molecule has 0 saturated carbocycles. The van der Waals surface area contributed by atoms with Gasteiger partial charge in [-0.1, -0.05) is 45.0 Å². The molecule has 1 atom stereocenters. The number of carbonyl (C=O) groups excluding carboxylic acids is 1. The van der Waals surface area contributed by atoms with Gasteiger partial charge in [-0.15, -0.1) is 0 Å². The Bertz CT molecular complexity index is 1080. The fourth-order valence-corrected chi connectivity index (χ4v) is 3.28. The van der Waals surface area contributed by atoms with Crippen LogP contribution in [-0.2, 0) is 16.8 Å². The van der Waals surface area contributed by atoms with Gasteiger partial charge in [0.05, 0.1) is 17.4 Å². The molecule has 30 heavy (non-hydrogen) atoms. The molecule has 6 nitrogen and oxygen atoms in total. The lowest BCUT2D eigenvalue weighted by molar-refractivity contribution is -0.138. The highest BCUT2D eigenvalue weighted by atomic mass is 16.5. The summed E-state index contributed by atoms with van der Waals surface area (Å²) in [5.74, 6) is 0.945. The van der Waals surface area contributed by atoms with Crippen molar-refractivity contribution in [2.75, 3.05) is 6.54 Å². The highest BCUT2D eigenvalue weighted by Crippen LogP contribution is 2.24. The summed E-state index contributed by atoms with van der Waals surface area (Å²) < 4.78 is 5.87.